The van der Waals surface area contributed by atoms with Gasteiger partial charge in [0.15, 0.2) is 5.16 Å². The van der Waals surface area contributed by atoms with Gasteiger partial charge in [0.2, 0.25) is 5.91 Å². The first-order chi connectivity index (χ1) is 9.63. The molecule has 6 heteroatoms. The molecule has 104 valence electrons. The molecule has 2 aromatic rings. The van der Waals surface area contributed by atoms with E-state index in [1.54, 1.807) is 12.3 Å². The third-order valence-corrected chi connectivity index (χ3v) is 3.30. The normalized spacial score (nSPS) is 10.3. The van der Waals surface area contributed by atoms with Crippen molar-refractivity contribution >= 4 is 23.5 Å². The van der Waals surface area contributed by atoms with Crippen molar-refractivity contribution in [1.29, 1.82) is 0 Å². The van der Waals surface area contributed by atoms with Gasteiger partial charge in [0.05, 0.1) is 0 Å². The molecule has 0 aliphatic rings. The van der Waals surface area contributed by atoms with Crippen LogP contribution >= 0.6 is 11.8 Å². The van der Waals surface area contributed by atoms with Gasteiger partial charge in [-0.05, 0) is 32.0 Å². The molecule has 0 aliphatic carbocycles. The summed E-state index contributed by atoms with van der Waals surface area (Å²) in [7, 11) is 0. The van der Waals surface area contributed by atoms with E-state index in [-0.39, 0.29) is 5.91 Å². The number of pyridine rings is 1. The maximum absolute atomic E-state index is 11.7. The van der Waals surface area contributed by atoms with Gasteiger partial charge in [0, 0.05) is 29.8 Å². The number of aromatic nitrogens is 3. The predicted molar refractivity (Wildman–Crippen MR) is 79.7 cm³/mol. The number of amides is 1. The van der Waals surface area contributed by atoms with E-state index >= 15 is 0 Å². The van der Waals surface area contributed by atoms with Crippen molar-refractivity contribution in [3.8, 4) is 0 Å². The molecule has 0 atom stereocenters. The highest BCUT2D eigenvalue weighted by Crippen LogP contribution is 2.15. The zero-order chi connectivity index (χ0) is 14.4. The molecule has 20 heavy (non-hydrogen) atoms. The van der Waals surface area contributed by atoms with Crippen LogP contribution in [-0.4, -0.2) is 26.6 Å². The molecule has 2 rings (SSSR count). The minimum Gasteiger partial charge on any atom is -0.311 e. The Morgan fingerprint density at radius 1 is 1.25 bits per heavy atom. The van der Waals surface area contributed by atoms with Crippen LogP contribution in [0.1, 0.15) is 17.8 Å². The van der Waals surface area contributed by atoms with Crippen LogP contribution in [0.25, 0.3) is 0 Å². The van der Waals surface area contributed by atoms with E-state index in [9.17, 15) is 4.79 Å². The smallest absolute Gasteiger partial charge is 0.226 e. The van der Waals surface area contributed by atoms with E-state index in [1.165, 1.54) is 11.8 Å². The van der Waals surface area contributed by atoms with Gasteiger partial charge in [-0.3, -0.25) is 4.79 Å². The highest BCUT2D eigenvalue weighted by Gasteiger charge is 2.05. The Balaban J connectivity index is 1.79. The van der Waals surface area contributed by atoms with Crippen molar-refractivity contribution in [3.05, 3.63) is 41.9 Å². The van der Waals surface area contributed by atoms with E-state index in [1.807, 2.05) is 32.0 Å². The predicted octanol–water partition coefficient (Wildman–Crippen LogP) is 2.61. The zero-order valence-corrected chi connectivity index (χ0v) is 12.3. The molecule has 0 saturated carbocycles. The lowest BCUT2D eigenvalue weighted by molar-refractivity contribution is -0.115. The van der Waals surface area contributed by atoms with Gasteiger partial charge in [-0.15, -0.1) is 0 Å². The Bertz CT molecular complexity index is 569. The molecule has 2 heterocycles. The van der Waals surface area contributed by atoms with Crippen LogP contribution in [0.15, 0.2) is 35.6 Å². The molecule has 0 bridgehead atoms. The summed E-state index contributed by atoms with van der Waals surface area (Å²) in [6, 6.07) is 7.33. The molecule has 1 N–H and O–H groups in total. The minimum absolute atomic E-state index is 0.0550. The summed E-state index contributed by atoms with van der Waals surface area (Å²) < 4.78 is 0. The number of anilines is 1. The summed E-state index contributed by atoms with van der Waals surface area (Å²) in [5, 5.41) is 3.46. The summed E-state index contributed by atoms with van der Waals surface area (Å²) in [4.78, 5) is 24.4. The van der Waals surface area contributed by atoms with Gasteiger partial charge in [-0.25, -0.2) is 15.0 Å². The Hall–Kier alpha value is -1.95. The number of rotatable bonds is 5. The topological polar surface area (TPSA) is 67.8 Å². The number of hydrogen-bond acceptors (Lipinski definition) is 5. The standard InChI is InChI=1S/C14H16N4OS/c1-10-9-11(2)17-14(16-10)20-8-6-13(19)18-12-5-3-4-7-15-12/h3-5,7,9H,6,8H2,1-2H3,(H,15,18,19). The zero-order valence-electron chi connectivity index (χ0n) is 11.5. The van der Waals surface area contributed by atoms with Gasteiger partial charge in [0.25, 0.3) is 0 Å². The second-order valence-electron chi connectivity index (χ2n) is 4.29. The van der Waals surface area contributed by atoms with Crippen LogP contribution in [0.4, 0.5) is 5.82 Å². The molecule has 0 aliphatic heterocycles. The van der Waals surface area contributed by atoms with Gasteiger partial charge in [-0.2, -0.15) is 0 Å². The molecule has 2 aromatic heterocycles. The first kappa shape index (κ1) is 14.5. The van der Waals surface area contributed by atoms with Crippen LogP contribution < -0.4 is 5.32 Å². The monoisotopic (exact) mass is 288 g/mol. The molecule has 0 fully saturated rings. The van der Waals surface area contributed by atoms with E-state index in [2.05, 4.69) is 20.3 Å². The van der Waals surface area contributed by atoms with E-state index in [0.29, 0.717) is 23.1 Å². The van der Waals surface area contributed by atoms with Gasteiger partial charge in [0.1, 0.15) is 5.82 Å². The highest BCUT2D eigenvalue weighted by atomic mass is 32.2. The second-order valence-corrected chi connectivity index (χ2v) is 5.36. The number of nitrogens with one attached hydrogen (secondary N) is 1. The fourth-order valence-corrected chi connectivity index (χ4v) is 2.52. The number of carbonyl (C=O) groups is 1. The van der Waals surface area contributed by atoms with Crippen molar-refractivity contribution in [2.75, 3.05) is 11.1 Å². The lowest BCUT2D eigenvalue weighted by Crippen LogP contribution is -2.13. The Morgan fingerprint density at radius 2 is 2.00 bits per heavy atom. The molecule has 0 saturated heterocycles. The number of aryl methyl sites for hydroxylation is 2. The summed E-state index contributed by atoms with van der Waals surface area (Å²) in [6.07, 6.45) is 2.05. The van der Waals surface area contributed by atoms with E-state index in [4.69, 9.17) is 0 Å². The third-order valence-electron chi connectivity index (χ3n) is 2.45. The summed E-state index contributed by atoms with van der Waals surface area (Å²) >= 11 is 1.48. The Labute approximate surface area is 122 Å². The number of thioether (sulfide) groups is 1. The molecular weight excluding hydrogens is 272 g/mol. The van der Waals surface area contributed by atoms with Crippen molar-refractivity contribution < 1.29 is 4.79 Å². The summed E-state index contributed by atoms with van der Waals surface area (Å²) in [5.74, 6) is 1.16. The van der Waals surface area contributed by atoms with Crippen LogP contribution in [0.5, 0.6) is 0 Å². The molecule has 0 radical (unpaired) electrons. The number of hydrogen-bond donors (Lipinski definition) is 1. The molecule has 1 amide bonds. The first-order valence-electron chi connectivity index (χ1n) is 6.29. The molecule has 0 spiro atoms. The lowest BCUT2D eigenvalue weighted by atomic mass is 10.4. The van der Waals surface area contributed by atoms with Gasteiger partial charge >= 0.3 is 0 Å². The lowest BCUT2D eigenvalue weighted by Gasteiger charge is -2.04. The van der Waals surface area contributed by atoms with Gasteiger partial charge < -0.3 is 5.32 Å². The van der Waals surface area contributed by atoms with Crippen LogP contribution in [0.3, 0.4) is 0 Å². The molecule has 0 aromatic carbocycles. The van der Waals surface area contributed by atoms with Crippen molar-refractivity contribution in [2.24, 2.45) is 0 Å². The van der Waals surface area contributed by atoms with Crippen LogP contribution in [0.2, 0.25) is 0 Å². The van der Waals surface area contributed by atoms with Gasteiger partial charge in [-0.1, -0.05) is 17.8 Å². The SMILES string of the molecule is Cc1cc(C)nc(SCCC(=O)Nc2ccccn2)n1. The summed E-state index contributed by atoms with van der Waals surface area (Å²) in [6.45, 7) is 3.87. The fraction of sp³-hybridized carbons (Fsp3) is 0.286. The third kappa shape index (κ3) is 4.62. The molecular formula is C14H16N4OS. The largest absolute Gasteiger partial charge is 0.311 e. The fourth-order valence-electron chi connectivity index (χ4n) is 1.64. The van der Waals surface area contributed by atoms with Crippen molar-refractivity contribution in [1.82, 2.24) is 15.0 Å². The maximum atomic E-state index is 11.7. The minimum atomic E-state index is -0.0550. The van der Waals surface area contributed by atoms with Crippen molar-refractivity contribution in [2.45, 2.75) is 25.4 Å². The van der Waals surface area contributed by atoms with Crippen LogP contribution in [0, 0.1) is 13.8 Å². The van der Waals surface area contributed by atoms with E-state index in [0.717, 1.165) is 11.4 Å². The Morgan fingerprint density at radius 3 is 2.65 bits per heavy atom. The number of nitrogens with zero attached hydrogens (tertiary/aromatic N) is 3. The Kier molecular flexibility index (Phi) is 5.06. The van der Waals surface area contributed by atoms with Crippen molar-refractivity contribution in [3.63, 3.8) is 0 Å². The van der Waals surface area contributed by atoms with E-state index < -0.39 is 0 Å². The van der Waals surface area contributed by atoms with Crippen LogP contribution in [-0.2, 0) is 4.79 Å². The average molecular weight is 288 g/mol. The second kappa shape index (κ2) is 7.00. The quantitative estimate of drug-likeness (QED) is 0.676. The molecule has 5 nitrogen and oxygen atoms in total. The average Bonchev–Trinajstić information content (AvgIpc) is 2.38. The highest BCUT2D eigenvalue weighted by molar-refractivity contribution is 7.99. The summed E-state index contributed by atoms with van der Waals surface area (Å²) in [5.41, 5.74) is 1.89. The first-order valence-corrected chi connectivity index (χ1v) is 7.28. The number of carbonyl (C=O) groups excluding carboxylic acids is 1. The maximum Gasteiger partial charge on any atom is 0.226 e. The molecule has 0 unspecified atom stereocenters.